The maximum Gasteiger partial charge on any atom is 0.224 e. The van der Waals surface area contributed by atoms with Crippen molar-refractivity contribution in [2.24, 2.45) is 0 Å². The largest absolute Gasteiger partial charge is 1.00 e. The van der Waals surface area contributed by atoms with E-state index < -0.39 is 0 Å². The molecule has 0 aromatic rings. The second kappa shape index (κ2) is 4.54. The van der Waals surface area contributed by atoms with Crippen molar-refractivity contribution in [2.45, 2.75) is 31.1 Å². The number of alkyl halides is 2. The monoisotopic (exact) mass is 215 g/mol. The Balaban J connectivity index is 0.000001000. The quantitative estimate of drug-likeness (QED) is 0.302. The average molecular weight is 217 g/mol. The zero-order valence-corrected chi connectivity index (χ0v) is 8.92. The Kier molecular flexibility index (Phi) is 4.76. The van der Waals surface area contributed by atoms with Gasteiger partial charge in [0, 0.05) is 20.3 Å². The SMILES string of the molecule is CC1=[N+](C(C)Cl)CC(Cl)C1.[Cl-]. The highest BCUT2D eigenvalue weighted by Gasteiger charge is 2.29. The molecule has 2 atom stereocenters. The molecule has 2 unspecified atom stereocenters. The van der Waals surface area contributed by atoms with Gasteiger partial charge in [-0.3, -0.25) is 0 Å². The molecule has 1 aliphatic rings. The van der Waals surface area contributed by atoms with Gasteiger partial charge in [0.25, 0.3) is 0 Å². The first-order valence-corrected chi connectivity index (χ1v) is 4.35. The molecular formula is C7H12Cl3N. The van der Waals surface area contributed by atoms with Crippen LogP contribution < -0.4 is 12.4 Å². The number of nitrogens with zero attached hydrogens (tertiary/aromatic N) is 1. The zero-order valence-electron chi connectivity index (χ0n) is 6.65. The second-order valence-electron chi connectivity index (χ2n) is 2.76. The maximum absolute atomic E-state index is 5.92. The summed E-state index contributed by atoms with van der Waals surface area (Å²) in [5, 5.41) is 0.265. The van der Waals surface area contributed by atoms with Crippen LogP contribution in [0.5, 0.6) is 0 Å². The molecule has 0 saturated carbocycles. The van der Waals surface area contributed by atoms with Crippen molar-refractivity contribution >= 4 is 28.9 Å². The molecule has 0 N–H and O–H groups in total. The molecule has 0 bridgehead atoms. The van der Waals surface area contributed by atoms with Crippen LogP contribution in [0, 0.1) is 0 Å². The molecule has 0 aromatic heterocycles. The molecule has 0 aliphatic carbocycles. The molecule has 0 aromatic carbocycles. The molecule has 11 heavy (non-hydrogen) atoms. The van der Waals surface area contributed by atoms with E-state index in [2.05, 4.69) is 11.5 Å². The first kappa shape index (κ1) is 11.5. The third kappa shape index (κ3) is 2.81. The fourth-order valence-electron chi connectivity index (χ4n) is 1.32. The Morgan fingerprint density at radius 1 is 1.64 bits per heavy atom. The van der Waals surface area contributed by atoms with Crippen molar-refractivity contribution in [3.63, 3.8) is 0 Å². The van der Waals surface area contributed by atoms with Gasteiger partial charge in [0.15, 0.2) is 12.3 Å². The van der Waals surface area contributed by atoms with Gasteiger partial charge in [-0.15, -0.1) is 11.6 Å². The zero-order chi connectivity index (χ0) is 7.72. The lowest BCUT2D eigenvalue weighted by atomic mass is 10.3. The second-order valence-corrected chi connectivity index (χ2v) is 4.01. The van der Waals surface area contributed by atoms with Crippen LogP contribution in [0.15, 0.2) is 0 Å². The van der Waals surface area contributed by atoms with Crippen LogP contribution >= 0.6 is 23.2 Å². The van der Waals surface area contributed by atoms with Crippen molar-refractivity contribution in [3.05, 3.63) is 0 Å². The Morgan fingerprint density at radius 2 is 2.18 bits per heavy atom. The number of rotatable bonds is 1. The summed E-state index contributed by atoms with van der Waals surface area (Å²) in [7, 11) is 0. The Labute approximate surface area is 83.8 Å². The summed E-state index contributed by atoms with van der Waals surface area (Å²) >= 11 is 11.8. The normalized spacial score (nSPS) is 26.7. The topological polar surface area (TPSA) is 3.01 Å². The van der Waals surface area contributed by atoms with E-state index >= 15 is 0 Å². The number of hydrogen-bond donors (Lipinski definition) is 0. The van der Waals surface area contributed by atoms with E-state index in [0.29, 0.717) is 0 Å². The van der Waals surface area contributed by atoms with Crippen LogP contribution in [0.3, 0.4) is 0 Å². The van der Waals surface area contributed by atoms with Gasteiger partial charge in [-0.05, 0) is 11.6 Å². The smallest absolute Gasteiger partial charge is 0.224 e. The van der Waals surface area contributed by atoms with Crippen molar-refractivity contribution in [1.82, 2.24) is 0 Å². The highest BCUT2D eigenvalue weighted by molar-refractivity contribution is 6.22. The summed E-state index contributed by atoms with van der Waals surface area (Å²) < 4.78 is 2.14. The molecule has 1 rings (SSSR count). The fourth-order valence-corrected chi connectivity index (χ4v) is 1.94. The number of halogens is 3. The fraction of sp³-hybridized carbons (Fsp3) is 0.857. The molecule has 1 heterocycles. The molecule has 4 heteroatoms. The highest BCUT2D eigenvalue weighted by atomic mass is 35.5. The van der Waals surface area contributed by atoms with Crippen LogP contribution in [-0.4, -0.2) is 27.7 Å². The van der Waals surface area contributed by atoms with E-state index in [9.17, 15) is 0 Å². The molecule has 66 valence electrons. The molecule has 0 amide bonds. The summed E-state index contributed by atoms with van der Waals surface area (Å²) in [6.07, 6.45) is 0.985. The minimum Gasteiger partial charge on any atom is -1.00 e. The molecular weight excluding hydrogens is 204 g/mol. The van der Waals surface area contributed by atoms with Gasteiger partial charge in [0.1, 0.15) is 5.38 Å². The van der Waals surface area contributed by atoms with E-state index in [-0.39, 0.29) is 23.3 Å². The van der Waals surface area contributed by atoms with Crippen molar-refractivity contribution in [1.29, 1.82) is 0 Å². The van der Waals surface area contributed by atoms with E-state index in [1.54, 1.807) is 0 Å². The Bertz CT molecular complexity index is 165. The highest BCUT2D eigenvalue weighted by Crippen LogP contribution is 2.15. The van der Waals surface area contributed by atoms with Gasteiger partial charge >= 0.3 is 0 Å². The summed E-state index contributed by atoms with van der Waals surface area (Å²) in [5.74, 6) is 0. The predicted octanol–water partition coefficient (Wildman–Crippen LogP) is -0.940. The minimum absolute atomic E-state index is 0. The van der Waals surface area contributed by atoms with Gasteiger partial charge in [-0.1, -0.05) is 0 Å². The first-order chi connectivity index (χ1) is 4.61. The van der Waals surface area contributed by atoms with Crippen LogP contribution in [0.25, 0.3) is 0 Å². The standard InChI is InChI=1S/C7H12Cl2N.ClH/c1-5-3-7(9)4-10(5)6(2)8;/h6-7H,3-4H2,1-2H3;1H/q+1;/p-1. The van der Waals surface area contributed by atoms with Gasteiger partial charge < -0.3 is 12.4 Å². The van der Waals surface area contributed by atoms with Crippen LogP contribution in [0.4, 0.5) is 0 Å². The van der Waals surface area contributed by atoms with Crippen LogP contribution in [0.1, 0.15) is 20.3 Å². The summed E-state index contributed by atoms with van der Waals surface area (Å²) in [4.78, 5) is 0. The first-order valence-electron chi connectivity index (χ1n) is 3.48. The lowest BCUT2D eigenvalue weighted by molar-refractivity contribution is -0.533. The molecule has 0 saturated heterocycles. The summed E-state index contributed by atoms with van der Waals surface area (Å²) in [5.41, 5.74) is 1.39. The van der Waals surface area contributed by atoms with Crippen molar-refractivity contribution in [2.75, 3.05) is 6.54 Å². The molecule has 1 aliphatic heterocycles. The average Bonchev–Trinajstić information content (AvgIpc) is 2.10. The Hall–Kier alpha value is 0.540. The van der Waals surface area contributed by atoms with Gasteiger partial charge in [-0.2, -0.15) is 0 Å². The molecule has 1 nitrogen and oxygen atoms in total. The minimum atomic E-state index is 0. The molecule has 0 radical (unpaired) electrons. The van der Waals surface area contributed by atoms with Crippen LogP contribution in [0.2, 0.25) is 0 Å². The summed E-state index contributed by atoms with van der Waals surface area (Å²) in [6, 6.07) is 0. The van der Waals surface area contributed by atoms with Gasteiger partial charge in [0.05, 0.1) is 0 Å². The van der Waals surface area contributed by atoms with Gasteiger partial charge in [-0.25, -0.2) is 4.58 Å². The van der Waals surface area contributed by atoms with Crippen molar-refractivity contribution in [3.8, 4) is 0 Å². The van der Waals surface area contributed by atoms with E-state index in [1.165, 1.54) is 5.71 Å². The summed E-state index contributed by atoms with van der Waals surface area (Å²) in [6.45, 7) is 4.96. The lowest BCUT2D eigenvalue weighted by Crippen LogP contribution is -3.00. The van der Waals surface area contributed by atoms with Gasteiger partial charge in [0.2, 0.25) is 5.50 Å². The lowest BCUT2D eigenvalue weighted by Gasteiger charge is -2.00. The molecule has 0 spiro atoms. The maximum atomic E-state index is 5.92. The van der Waals surface area contributed by atoms with E-state index in [1.807, 2.05) is 6.92 Å². The Morgan fingerprint density at radius 3 is 2.36 bits per heavy atom. The third-order valence-electron chi connectivity index (χ3n) is 1.83. The van der Waals surface area contributed by atoms with Crippen LogP contribution in [-0.2, 0) is 0 Å². The van der Waals surface area contributed by atoms with Crippen molar-refractivity contribution < 1.29 is 17.0 Å². The molecule has 0 fully saturated rings. The van der Waals surface area contributed by atoms with E-state index in [4.69, 9.17) is 23.2 Å². The van der Waals surface area contributed by atoms with E-state index in [0.717, 1.165) is 13.0 Å². The predicted molar refractivity (Wildman–Crippen MR) is 45.4 cm³/mol. The third-order valence-corrected chi connectivity index (χ3v) is 2.36. The number of hydrogen-bond acceptors (Lipinski definition) is 0.